The van der Waals surface area contributed by atoms with Gasteiger partial charge in [-0.1, -0.05) is 18.5 Å². The standard InChI is InChI=1S/C14H21ClN2O3/c1-4-16-6-7-17-14(18)10-8-11(15)13(20-5-2)12(9-10)19-3/h8-9,16H,4-7H2,1-3H3,(H,17,18). The number of ether oxygens (including phenoxy) is 2. The molecule has 0 bridgehead atoms. The first-order chi connectivity index (χ1) is 9.63. The predicted octanol–water partition coefficient (Wildman–Crippen LogP) is 2.09. The Morgan fingerprint density at radius 1 is 1.30 bits per heavy atom. The Balaban J connectivity index is 2.80. The minimum Gasteiger partial charge on any atom is -0.493 e. The summed E-state index contributed by atoms with van der Waals surface area (Å²) in [7, 11) is 1.51. The average molecular weight is 301 g/mol. The van der Waals surface area contributed by atoms with Crippen LogP contribution in [0.5, 0.6) is 11.5 Å². The van der Waals surface area contributed by atoms with E-state index in [4.69, 9.17) is 21.1 Å². The highest BCUT2D eigenvalue weighted by molar-refractivity contribution is 6.32. The SMILES string of the molecule is CCNCCNC(=O)c1cc(Cl)c(OCC)c(OC)c1. The van der Waals surface area contributed by atoms with Crippen molar-refractivity contribution in [2.75, 3.05) is 33.4 Å². The second-order valence-corrected chi connectivity index (χ2v) is 4.44. The van der Waals surface area contributed by atoms with Gasteiger partial charge in [0.15, 0.2) is 11.5 Å². The van der Waals surface area contributed by atoms with E-state index in [1.54, 1.807) is 12.1 Å². The Kier molecular flexibility index (Phi) is 7.18. The summed E-state index contributed by atoms with van der Waals surface area (Å²) in [5, 5.41) is 6.30. The Morgan fingerprint density at radius 2 is 2.05 bits per heavy atom. The van der Waals surface area contributed by atoms with Crippen LogP contribution in [0.1, 0.15) is 24.2 Å². The van der Waals surface area contributed by atoms with Crippen LogP contribution >= 0.6 is 11.6 Å². The Labute approximate surface area is 124 Å². The number of nitrogens with one attached hydrogen (secondary N) is 2. The molecule has 5 nitrogen and oxygen atoms in total. The minimum absolute atomic E-state index is 0.189. The van der Waals surface area contributed by atoms with Crippen LogP contribution in [0.2, 0.25) is 5.02 Å². The lowest BCUT2D eigenvalue weighted by Gasteiger charge is -2.13. The van der Waals surface area contributed by atoms with Crippen LogP contribution in [0.4, 0.5) is 0 Å². The summed E-state index contributed by atoms with van der Waals surface area (Å²) >= 11 is 6.12. The van der Waals surface area contributed by atoms with Crippen molar-refractivity contribution in [1.29, 1.82) is 0 Å². The molecule has 0 radical (unpaired) electrons. The summed E-state index contributed by atoms with van der Waals surface area (Å²) in [5.74, 6) is 0.725. The summed E-state index contributed by atoms with van der Waals surface area (Å²) in [6.45, 7) is 6.50. The first-order valence-electron chi connectivity index (χ1n) is 6.63. The van der Waals surface area contributed by atoms with E-state index >= 15 is 0 Å². The van der Waals surface area contributed by atoms with E-state index in [1.165, 1.54) is 7.11 Å². The monoisotopic (exact) mass is 300 g/mol. The van der Waals surface area contributed by atoms with E-state index in [0.717, 1.165) is 13.1 Å². The number of carbonyl (C=O) groups excluding carboxylic acids is 1. The van der Waals surface area contributed by atoms with Gasteiger partial charge in [-0.3, -0.25) is 4.79 Å². The van der Waals surface area contributed by atoms with Crippen molar-refractivity contribution < 1.29 is 14.3 Å². The van der Waals surface area contributed by atoms with E-state index in [1.807, 2.05) is 13.8 Å². The zero-order chi connectivity index (χ0) is 15.0. The molecule has 1 aromatic carbocycles. The van der Waals surface area contributed by atoms with Gasteiger partial charge in [-0.2, -0.15) is 0 Å². The number of benzene rings is 1. The number of carbonyl (C=O) groups is 1. The molecule has 1 amide bonds. The van der Waals surface area contributed by atoms with Gasteiger partial charge in [-0.05, 0) is 25.6 Å². The third-order valence-electron chi connectivity index (χ3n) is 2.62. The third kappa shape index (κ3) is 4.58. The highest BCUT2D eigenvalue weighted by Crippen LogP contribution is 2.36. The van der Waals surface area contributed by atoms with Crippen molar-refractivity contribution in [3.05, 3.63) is 22.7 Å². The van der Waals surface area contributed by atoms with Gasteiger partial charge >= 0.3 is 0 Å². The molecule has 0 saturated heterocycles. The molecule has 0 atom stereocenters. The molecule has 0 aliphatic rings. The van der Waals surface area contributed by atoms with Crippen LogP contribution in [-0.2, 0) is 0 Å². The van der Waals surface area contributed by atoms with Gasteiger partial charge in [0.25, 0.3) is 5.91 Å². The smallest absolute Gasteiger partial charge is 0.251 e. The maximum atomic E-state index is 12.0. The average Bonchev–Trinajstić information content (AvgIpc) is 2.45. The summed E-state index contributed by atoms with van der Waals surface area (Å²) in [6.07, 6.45) is 0. The van der Waals surface area contributed by atoms with Crippen molar-refractivity contribution in [2.45, 2.75) is 13.8 Å². The highest BCUT2D eigenvalue weighted by Gasteiger charge is 2.15. The van der Waals surface area contributed by atoms with Crippen LogP contribution in [0.3, 0.4) is 0 Å². The van der Waals surface area contributed by atoms with E-state index in [0.29, 0.717) is 35.2 Å². The minimum atomic E-state index is -0.189. The van der Waals surface area contributed by atoms with Gasteiger partial charge in [0.2, 0.25) is 0 Å². The first-order valence-corrected chi connectivity index (χ1v) is 7.01. The lowest BCUT2D eigenvalue weighted by Crippen LogP contribution is -2.31. The first kappa shape index (κ1) is 16.6. The lowest BCUT2D eigenvalue weighted by molar-refractivity contribution is 0.0953. The van der Waals surface area contributed by atoms with Gasteiger partial charge in [-0.25, -0.2) is 0 Å². The molecule has 0 heterocycles. The summed E-state index contributed by atoms with van der Waals surface area (Å²) in [4.78, 5) is 12.0. The van der Waals surface area contributed by atoms with Gasteiger partial charge in [-0.15, -0.1) is 0 Å². The van der Waals surface area contributed by atoms with Gasteiger partial charge in [0.1, 0.15) is 0 Å². The largest absolute Gasteiger partial charge is 0.493 e. The maximum absolute atomic E-state index is 12.0. The summed E-state index contributed by atoms with van der Waals surface area (Å²) in [5.41, 5.74) is 0.451. The van der Waals surface area contributed by atoms with Gasteiger partial charge in [0, 0.05) is 18.7 Å². The normalized spacial score (nSPS) is 10.2. The fourth-order valence-electron chi connectivity index (χ4n) is 1.68. The molecule has 112 valence electrons. The van der Waals surface area contributed by atoms with Crippen molar-refractivity contribution in [3.63, 3.8) is 0 Å². The van der Waals surface area contributed by atoms with Crippen molar-refractivity contribution in [3.8, 4) is 11.5 Å². The summed E-state index contributed by atoms with van der Waals surface area (Å²) in [6, 6.07) is 3.21. The topological polar surface area (TPSA) is 59.6 Å². The number of halogens is 1. The molecule has 2 N–H and O–H groups in total. The van der Waals surface area contributed by atoms with E-state index in [9.17, 15) is 4.79 Å². The fraction of sp³-hybridized carbons (Fsp3) is 0.500. The lowest BCUT2D eigenvalue weighted by atomic mass is 10.2. The third-order valence-corrected chi connectivity index (χ3v) is 2.90. The molecule has 0 aliphatic heterocycles. The van der Waals surface area contributed by atoms with Gasteiger partial charge in [0.05, 0.1) is 18.7 Å². The highest BCUT2D eigenvalue weighted by atomic mass is 35.5. The predicted molar refractivity (Wildman–Crippen MR) is 80.0 cm³/mol. The molecule has 0 aliphatic carbocycles. The summed E-state index contributed by atoms with van der Waals surface area (Å²) < 4.78 is 10.6. The van der Waals surface area contributed by atoms with Crippen LogP contribution in [-0.4, -0.2) is 39.3 Å². The zero-order valence-electron chi connectivity index (χ0n) is 12.1. The van der Waals surface area contributed by atoms with E-state index in [2.05, 4.69) is 10.6 Å². The van der Waals surface area contributed by atoms with Gasteiger partial charge < -0.3 is 20.1 Å². The Morgan fingerprint density at radius 3 is 2.65 bits per heavy atom. The molecule has 20 heavy (non-hydrogen) atoms. The molecular weight excluding hydrogens is 280 g/mol. The molecule has 1 aromatic rings. The van der Waals surface area contributed by atoms with Crippen LogP contribution < -0.4 is 20.1 Å². The fourth-order valence-corrected chi connectivity index (χ4v) is 1.94. The number of hydrogen-bond donors (Lipinski definition) is 2. The molecule has 0 saturated carbocycles. The maximum Gasteiger partial charge on any atom is 0.251 e. The molecule has 0 unspecified atom stereocenters. The van der Waals surface area contributed by atoms with Crippen LogP contribution in [0, 0.1) is 0 Å². The van der Waals surface area contributed by atoms with Crippen LogP contribution in [0.15, 0.2) is 12.1 Å². The number of amides is 1. The molecular formula is C14H21ClN2O3. The number of rotatable bonds is 8. The molecule has 6 heteroatoms. The van der Waals surface area contributed by atoms with E-state index in [-0.39, 0.29) is 5.91 Å². The Hall–Kier alpha value is -1.46. The van der Waals surface area contributed by atoms with Crippen molar-refractivity contribution in [2.24, 2.45) is 0 Å². The van der Waals surface area contributed by atoms with Crippen molar-refractivity contribution in [1.82, 2.24) is 10.6 Å². The number of likely N-dealkylation sites (N-methyl/N-ethyl adjacent to an activating group) is 1. The zero-order valence-corrected chi connectivity index (χ0v) is 12.8. The number of methoxy groups -OCH3 is 1. The molecule has 1 rings (SSSR count). The van der Waals surface area contributed by atoms with Crippen molar-refractivity contribution >= 4 is 17.5 Å². The molecule has 0 spiro atoms. The van der Waals surface area contributed by atoms with Crippen LogP contribution in [0.25, 0.3) is 0 Å². The number of hydrogen-bond acceptors (Lipinski definition) is 4. The second-order valence-electron chi connectivity index (χ2n) is 4.03. The Bertz CT molecular complexity index is 452. The molecule has 0 fully saturated rings. The van der Waals surface area contributed by atoms with E-state index < -0.39 is 0 Å². The second kappa shape index (κ2) is 8.66. The molecule has 0 aromatic heterocycles. The quantitative estimate of drug-likeness (QED) is 0.722.